The van der Waals surface area contributed by atoms with Gasteiger partial charge in [-0.25, -0.2) is 0 Å². The van der Waals surface area contributed by atoms with Crippen molar-refractivity contribution >= 4 is 22.9 Å². The van der Waals surface area contributed by atoms with Crippen molar-refractivity contribution in [1.29, 1.82) is 5.26 Å². The minimum atomic E-state index is -0.0819. The van der Waals surface area contributed by atoms with Crippen LogP contribution < -0.4 is 10.2 Å². The lowest BCUT2D eigenvalue weighted by Crippen LogP contribution is -2.45. The molecule has 1 aromatic carbocycles. The highest BCUT2D eigenvalue weighted by molar-refractivity contribution is 7.10. The predicted octanol–water partition coefficient (Wildman–Crippen LogP) is 3.51. The molecule has 5 heteroatoms. The number of anilines is 1. The van der Waals surface area contributed by atoms with Crippen LogP contribution in [0.1, 0.15) is 36.1 Å². The number of nitrogens with one attached hydrogen (secondary N) is 1. The van der Waals surface area contributed by atoms with Gasteiger partial charge in [-0.15, -0.1) is 11.3 Å². The Morgan fingerprint density at radius 1 is 1.29 bits per heavy atom. The average Bonchev–Trinajstić information content (AvgIpc) is 3.16. The lowest BCUT2D eigenvalue weighted by Gasteiger charge is -2.34. The zero-order valence-corrected chi connectivity index (χ0v) is 14.6. The molecular weight excluding hydrogens is 318 g/mol. The number of hydrogen-bond acceptors (Lipinski definition) is 4. The number of thiophene rings is 1. The van der Waals surface area contributed by atoms with Crippen LogP contribution in [0.4, 0.5) is 5.69 Å². The molecule has 1 atom stereocenters. The van der Waals surface area contributed by atoms with Crippen LogP contribution in [-0.2, 0) is 4.79 Å². The van der Waals surface area contributed by atoms with E-state index in [1.165, 1.54) is 0 Å². The van der Waals surface area contributed by atoms with Gasteiger partial charge in [-0.3, -0.25) is 4.79 Å². The normalized spacial score (nSPS) is 16.4. The van der Waals surface area contributed by atoms with Gasteiger partial charge in [0.25, 0.3) is 0 Å². The third kappa shape index (κ3) is 3.77. The zero-order valence-electron chi connectivity index (χ0n) is 13.7. The van der Waals surface area contributed by atoms with Crippen molar-refractivity contribution in [2.75, 3.05) is 18.0 Å². The number of piperidine rings is 1. The maximum atomic E-state index is 12.4. The van der Waals surface area contributed by atoms with Crippen molar-refractivity contribution in [3.63, 3.8) is 0 Å². The molecule has 124 valence electrons. The van der Waals surface area contributed by atoms with E-state index in [1.54, 1.807) is 11.3 Å². The van der Waals surface area contributed by atoms with E-state index in [9.17, 15) is 4.79 Å². The molecule has 0 aliphatic carbocycles. The Bertz CT molecular complexity index is 710. The molecule has 1 fully saturated rings. The van der Waals surface area contributed by atoms with E-state index in [1.807, 2.05) is 48.7 Å². The lowest BCUT2D eigenvalue weighted by molar-refractivity contribution is -0.123. The van der Waals surface area contributed by atoms with E-state index in [4.69, 9.17) is 5.26 Å². The van der Waals surface area contributed by atoms with Gasteiger partial charge in [0.1, 0.15) is 0 Å². The maximum Gasteiger partial charge on any atom is 0.228 e. The van der Waals surface area contributed by atoms with Gasteiger partial charge in [0.05, 0.1) is 17.6 Å². The number of amides is 1. The Morgan fingerprint density at radius 2 is 2.00 bits per heavy atom. The molecule has 2 heterocycles. The van der Waals surface area contributed by atoms with Gasteiger partial charge >= 0.3 is 0 Å². The van der Waals surface area contributed by atoms with E-state index in [2.05, 4.69) is 16.3 Å². The highest BCUT2D eigenvalue weighted by atomic mass is 32.1. The molecule has 2 aromatic rings. The summed E-state index contributed by atoms with van der Waals surface area (Å²) in [5, 5.41) is 14.1. The number of hydrogen-bond donors (Lipinski definition) is 1. The second-order valence-corrected chi connectivity index (χ2v) is 7.14. The Labute approximate surface area is 146 Å². The predicted molar refractivity (Wildman–Crippen MR) is 97.3 cm³/mol. The van der Waals surface area contributed by atoms with Crippen LogP contribution in [-0.4, -0.2) is 25.0 Å². The summed E-state index contributed by atoms with van der Waals surface area (Å²) < 4.78 is 0. The largest absolute Gasteiger partial charge is 0.371 e. The SMILES string of the molecule is CC(C(=O)NC1CCN(c2ccc(C#N)cc2)CC1)c1cccs1. The first-order chi connectivity index (χ1) is 11.7. The summed E-state index contributed by atoms with van der Waals surface area (Å²) in [4.78, 5) is 15.8. The topological polar surface area (TPSA) is 56.1 Å². The summed E-state index contributed by atoms with van der Waals surface area (Å²) in [5.41, 5.74) is 1.83. The number of nitrogens with zero attached hydrogens (tertiary/aromatic N) is 2. The third-order valence-corrected chi connectivity index (χ3v) is 5.62. The minimum absolute atomic E-state index is 0.0819. The van der Waals surface area contributed by atoms with Crippen LogP contribution in [0.25, 0.3) is 0 Å². The molecule has 1 aromatic heterocycles. The third-order valence-electron chi connectivity index (χ3n) is 4.57. The average molecular weight is 339 g/mol. The minimum Gasteiger partial charge on any atom is -0.371 e. The second kappa shape index (κ2) is 7.50. The quantitative estimate of drug-likeness (QED) is 0.927. The van der Waals surface area contributed by atoms with Crippen LogP contribution in [0.2, 0.25) is 0 Å². The number of carbonyl (C=O) groups is 1. The molecule has 1 N–H and O–H groups in total. The highest BCUT2D eigenvalue weighted by Gasteiger charge is 2.24. The molecular formula is C19H21N3OS. The molecule has 1 amide bonds. The summed E-state index contributed by atoms with van der Waals surface area (Å²) in [6.07, 6.45) is 1.89. The van der Waals surface area contributed by atoms with E-state index < -0.39 is 0 Å². The van der Waals surface area contributed by atoms with Crippen molar-refractivity contribution in [3.8, 4) is 6.07 Å². The van der Waals surface area contributed by atoms with Crippen molar-refractivity contribution < 1.29 is 4.79 Å². The van der Waals surface area contributed by atoms with Gasteiger partial charge in [-0.2, -0.15) is 5.26 Å². The van der Waals surface area contributed by atoms with Gasteiger partial charge in [-0.05, 0) is 55.5 Å². The van der Waals surface area contributed by atoms with Crippen LogP contribution in [0, 0.1) is 11.3 Å². The van der Waals surface area contributed by atoms with Gasteiger partial charge in [0.2, 0.25) is 5.91 Å². The summed E-state index contributed by atoms with van der Waals surface area (Å²) in [6.45, 7) is 3.81. The molecule has 0 spiro atoms. The number of benzene rings is 1. The second-order valence-electron chi connectivity index (χ2n) is 6.17. The van der Waals surface area contributed by atoms with Crippen LogP contribution in [0.5, 0.6) is 0 Å². The molecule has 0 saturated carbocycles. The highest BCUT2D eigenvalue weighted by Crippen LogP contribution is 2.23. The van der Waals surface area contributed by atoms with E-state index in [-0.39, 0.29) is 17.9 Å². The van der Waals surface area contributed by atoms with Crippen LogP contribution in [0.3, 0.4) is 0 Å². The standard InChI is InChI=1S/C19H21N3OS/c1-14(18-3-2-12-24-18)19(23)21-16-8-10-22(11-9-16)17-6-4-15(13-20)5-7-17/h2-7,12,14,16H,8-11H2,1H3,(H,21,23). The molecule has 1 aliphatic rings. The Hall–Kier alpha value is -2.32. The zero-order chi connectivity index (χ0) is 16.9. The van der Waals surface area contributed by atoms with E-state index >= 15 is 0 Å². The van der Waals surface area contributed by atoms with Gasteiger partial charge < -0.3 is 10.2 Å². The monoisotopic (exact) mass is 339 g/mol. The van der Waals surface area contributed by atoms with Crippen molar-refractivity contribution in [2.45, 2.75) is 31.7 Å². The fraction of sp³-hybridized carbons (Fsp3) is 0.368. The summed E-state index contributed by atoms with van der Waals surface area (Å²) >= 11 is 1.63. The molecule has 1 aliphatic heterocycles. The van der Waals surface area contributed by atoms with Gasteiger partial charge in [-0.1, -0.05) is 6.07 Å². The van der Waals surface area contributed by atoms with Crippen molar-refractivity contribution in [2.24, 2.45) is 0 Å². The molecule has 4 nitrogen and oxygen atoms in total. The maximum absolute atomic E-state index is 12.4. The van der Waals surface area contributed by atoms with E-state index in [0.717, 1.165) is 36.5 Å². The summed E-state index contributed by atoms with van der Waals surface area (Å²) in [5.74, 6) is 0.0378. The molecule has 24 heavy (non-hydrogen) atoms. The molecule has 3 rings (SSSR count). The van der Waals surface area contributed by atoms with Gasteiger partial charge in [0.15, 0.2) is 0 Å². The lowest BCUT2D eigenvalue weighted by atomic mass is 10.0. The van der Waals surface area contributed by atoms with Crippen molar-refractivity contribution in [3.05, 3.63) is 52.2 Å². The molecule has 1 saturated heterocycles. The Kier molecular flexibility index (Phi) is 5.17. The number of rotatable bonds is 4. The number of nitriles is 1. The molecule has 0 bridgehead atoms. The summed E-state index contributed by atoms with van der Waals surface area (Å²) in [6, 6.07) is 14.1. The first-order valence-electron chi connectivity index (χ1n) is 8.26. The molecule has 1 unspecified atom stereocenters. The fourth-order valence-electron chi connectivity index (χ4n) is 3.02. The first-order valence-corrected chi connectivity index (χ1v) is 9.14. The first kappa shape index (κ1) is 16.5. The van der Waals surface area contributed by atoms with Crippen molar-refractivity contribution in [1.82, 2.24) is 5.32 Å². The Morgan fingerprint density at radius 3 is 2.58 bits per heavy atom. The number of carbonyl (C=O) groups excluding carboxylic acids is 1. The van der Waals surface area contributed by atoms with Crippen LogP contribution >= 0.6 is 11.3 Å². The Balaban J connectivity index is 1.51. The van der Waals surface area contributed by atoms with Gasteiger partial charge in [0, 0.05) is 29.7 Å². The summed E-state index contributed by atoms with van der Waals surface area (Å²) in [7, 11) is 0. The van der Waals surface area contributed by atoms with E-state index in [0.29, 0.717) is 5.56 Å². The smallest absolute Gasteiger partial charge is 0.228 e. The fourth-order valence-corrected chi connectivity index (χ4v) is 3.80. The molecule has 0 radical (unpaired) electrons. The van der Waals surface area contributed by atoms with Crippen LogP contribution in [0.15, 0.2) is 41.8 Å².